The van der Waals surface area contributed by atoms with Crippen LogP contribution in [0.5, 0.6) is 5.75 Å². The zero-order chi connectivity index (χ0) is 19.5. The highest BCUT2D eigenvalue weighted by molar-refractivity contribution is 6.30. The molecule has 0 aliphatic rings. The second-order valence-corrected chi connectivity index (χ2v) is 6.65. The third-order valence-electron chi connectivity index (χ3n) is 4.34. The lowest BCUT2D eigenvalue weighted by molar-refractivity contribution is 0.0951. The minimum Gasteiger partial charge on any atom is -0.497 e. The van der Waals surface area contributed by atoms with Crippen molar-refractivity contribution in [1.29, 1.82) is 0 Å². The van der Waals surface area contributed by atoms with E-state index in [9.17, 15) is 4.79 Å². The molecule has 140 valence electrons. The summed E-state index contributed by atoms with van der Waals surface area (Å²) in [4.78, 5) is 12.5. The summed E-state index contributed by atoms with van der Waals surface area (Å²) in [6.45, 7) is 0.404. The van der Waals surface area contributed by atoms with Gasteiger partial charge >= 0.3 is 0 Å². The third kappa shape index (κ3) is 3.68. The van der Waals surface area contributed by atoms with Crippen molar-refractivity contribution in [3.8, 4) is 17.1 Å². The van der Waals surface area contributed by atoms with Gasteiger partial charge in [0, 0.05) is 28.9 Å². The first kappa shape index (κ1) is 18.0. The lowest BCUT2D eigenvalue weighted by atomic mass is 10.2. The van der Waals surface area contributed by atoms with E-state index in [1.807, 2.05) is 46.9 Å². The molecule has 0 spiro atoms. The standard InChI is InChI=1S/C21H17ClN4O2/c1-28-18-7-2-4-14(10-18)13-23-21(27)16-8-9-26-19(12-16)24-25-20(26)15-5-3-6-17(22)11-15/h2-12H,13H2,1H3,(H,23,27). The number of fused-ring (bicyclic) bond motifs is 1. The number of pyridine rings is 1. The number of rotatable bonds is 5. The first-order valence-corrected chi connectivity index (χ1v) is 9.04. The normalized spacial score (nSPS) is 10.8. The number of halogens is 1. The van der Waals surface area contributed by atoms with Crippen LogP contribution in [0.3, 0.4) is 0 Å². The zero-order valence-corrected chi connectivity index (χ0v) is 15.8. The Kier molecular flexibility index (Phi) is 4.95. The first-order valence-electron chi connectivity index (χ1n) is 8.66. The summed E-state index contributed by atoms with van der Waals surface area (Å²) in [7, 11) is 1.61. The molecule has 0 fully saturated rings. The Morgan fingerprint density at radius 3 is 2.79 bits per heavy atom. The molecular formula is C21H17ClN4O2. The number of benzene rings is 2. The maximum Gasteiger partial charge on any atom is 0.251 e. The van der Waals surface area contributed by atoms with Gasteiger partial charge in [0.15, 0.2) is 11.5 Å². The van der Waals surface area contributed by atoms with E-state index < -0.39 is 0 Å². The summed E-state index contributed by atoms with van der Waals surface area (Å²) in [6, 6.07) is 18.4. The van der Waals surface area contributed by atoms with Crippen LogP contribution in [0.25, 0.3) is 17.0 Å². The molecule has 2 heterocycles. The number of amides is 1. The van der Waals surface area contributed by atoms with E-state index in [4.69, 9.17) is 16.3 Å². The minimum atomic E-state index is -0.183. The highest BCUT2D eigenvalue weighted by atomic mass is 35.5. The summed E-state index contributed by atoms with van der Waals surface area (Å²) in [5.41, 5.74) is 2.92. The molecule has 0 aliphatic heterocycles. The Hall–Kier alpha value is -3.38. The number of nitrogens with zero attached hydrogens (tertiary/aromatic N) is 3. The van der Waals surface area contributed by atoms with Crippen molar-refractivity contribution in [3.05, 3.63) is 83.0 Å². The van der Waals surface area contributed by atoms with Crippen LogP contribution in [0.2, 0.25) is 5.02 Å². The van der Waals surface area contributed by atoms with Crippen molar-refractivity contribution < 1.29 is 9.53 Å². The van der Waals surface area contributed by atoms with Crippen molar-refractivity contribution in [3.63, 3.8) is 0 Å². The van der Waals surface area contributed by atoms with Gasteiger partial charge < -0.3 is 10.1 Å². The molecule has 0 aliphatic carbocycles. The lowest BCUT2D eigenvalue weighted by Crippen LogP contribution is -2.22. The third-order valence-corrected chi connectivity index (χ3v) is 4.58. The van der Waals surface area contributed by atoms with Gasteiger partial charge in [0.2, 0.25) is 0 Å². The van der Waals surface area contributed by atoms with E-state index in [-0.39, 0.29) is 5.91 Å². The number of carbonyl (C=O) groups is 1. The van der Waals surface area contributed by atoms with Crippen LogP contribution >= 0.6 is 11.6 Å². The topological polar surface area (TPSA) is 68.5 Å². The average Bonchev–Trinajstić information content (AvgIpc) is 3.15. The molecule has 7 heteroatoms. The monoisotopic (exact) mass is 392 g/mol. The van der Waals surface area contributed by atoms with Crippen LogP contribution in [-0.2, 0) is 6.54 Å². The van der Waals surface area contributed by atoms with Crippen LogP contribution in [-0.4, -0.2) is 27.6 Å². The predicted octanol–water partition coefficient (Wildman–Crippen LogP) is 3.99. The number of hydrogen-bond donors (Lipinski definition) is 1. The molecule has 28 heavy (non-hydrogen) atoms. The number of methoxy groups -OCH3 is 1. The number of ether oxygens (including phenoxy) is 1. The van der Waals surface area contributed by atoms with Gasteiger partial charge in [0.1, 0.15) is 5.75 Å². The maximum absolute atomic E-state index is 12.5. The van der Waals surface area contributed by atoms with Crippen LogP contribution in [0, 0.1) is 0 Å². The van der Waals surface area contributed by atoms with Gasteiger partial charge in [-0.25, -0.2) is 0 Å². The Bertz CT molecular complexity index is 1160. The number of hydrogen-bond acceptors (Lipinski definition) is 4. The van der Waals surface area contributed by atoms with E-state index in [1.165, 1.54) is 0 Å². The molecule has 0 unspecified atom stereocenters. The Morgan fingerprint density at radius 1 is 1.11 bits per heavy atom. The molecule has 1 amide bonds. The second kappa shape index (κ2) is 7.70. The molecule has 0 saturated heterocycles. The van der Waals surface area contributed by atoms with E-state index >= 15 is 0 Å². The summed E-state index contributed by atoms with van der Waals surface area (Å²) in [5.74, 6) is 1.24. The highest BCUT2D eigenvalue weighted by Crippen LogP contribution is 2.22. The maximum atomic E-state index is 12.5. The highest BCUT2D eigenvalue weighted by Gasteiger charge is 2.12. The number of aromatic nitrogens is 3. The van der Waals surface area contributed by atoms with E-state index in [0.29, 0.717) is 28.6 Å². The molecule has 4 aromatic rings. The fourth-order valence-corrected chi connectivity index (χ4v) is 3.11. The van der Waals surface area contributed by atoms with Crippen LogP contribution in [0.4, 0.5) is 0 Å². The fourth-order valence-electron chi connectivity index (χ4n) is 2.92. The SMILES string of the molecule is COc1cccc(CNC(=O)c2ccn3c(-c4cccc(Cl)c4)nnc3c2)c1. The van der Waals surface area contributed by atoms with Crippen LogP contribution in [0.15, 0.2) is 66.9 Å². The average molecular weight is 393 g/mol. The van der Waals surface area contributed by atoms with Gasteiger partial charge in [-0.15, -0.1) is 10.2 Å². The van der Waals surface area contributed by atoms with Crippen molar-refractivity contribution in [2.45, 2.75) is 6.54 Å². The molecule has 6 nitrogen and oxygen atoms in total. The van der Waals surface area contributed by atoms with Crippen molar-refractivity contribution >= 4 is 23.2 Å². The second-order valence-electron chi connectivity index (χ2n) is 6.21. The summed E-state index contributed by atoms with van der Waals surface area (Å²) in [6.07, 6.45) is 1.78. The van der Waals surface area contributed by atoms with E-state index in [2.05, 4.69) is 15.5 Å². The molecule has 0 atom stereocenters. The van der Waals surface area contributed by atoms with Gasteiger partial charge in [-0.3, -0.25) is 9.20 Å². The Labute approximate surface area is 166 Å². The zero-order valence-electron chi connectivity index (χ0n) is 15.1. The van der Waals surface area contributed by atoms with Crippen LogP contribution in [0.1, 0.15) is 15.9 Å². The van der Waals surface area contributed by atoms with Crippen molar-refractivity contribution in [2.24, 2.45) is 0 Å². The fraction of sp³-hybridized carbons (Fsp3) is 0.0952. The molecule has 2 aromatic heterocycles. The van der Waals surface area contributed by atoms with Gasteiger partial charge in [-0.1, -0.05) is 35.9 Å². The largest absolute Gasteiger partial charge is 0.497 e. The lowest BCUT2D eigenvalue weighted by Gasteiger charge is -2.07. The minimum absolute atomic E-state index is 0.183. The number of carbonyl (C=O) groups excluding carboxylic acids is 1. The molecule has 4 rings (SSSR count). The number of nitrogens with one attached hydrogen (secondary N) is 1. The van der Waals surface area contributed by atoms with E-state index in [1.54, 1.807) is 31.5 Å². The molecule has 1 N–H and O–H groups in total. The van der Waals surface area contributed by atoms with Gasteiger partial charge in [-0.05, 0) is 42.0 Å². The molecule has 0 bridgehead atoms. The molecule has 0 radical (unpaired) electrons. The quantitative estimate of drug-likeness (QED) is 0.557. The first-order chi connectivity index (χ1) is 13.6. The van der Waals surface area contributed by atoms with Gasteiger partial charge in [0.25, 0.3) is 5.91 Å². The predicted molar refractivity (Wildman–Crippen MR) is 108 cm³/mol. The molecular weight excluding hydrogens is 376 g/mol. The van der Waals surface area contributed by atoms with Crippen molar-refractivity contribution in [2.75, 3.05) is 7.11 Å². The summed E-state index contributed by atoms with van der Waals surface area (Å²) >= 11 is 6.07. The Balaban J connectivity index is 1.54. The smallest absolute Gasteiger partial charge is 0.251 e. The van der Waals surface area contributed by atoms with Crippen LogP contribution < -0.4 is 10.1 Å². The van der Waals surface area contributed by atoms with E-state index in [0.717, 1.165) is 16.9 Å². The Morgan fingerprint density at radius 2 is 1.96 bits per heavy atom. The molecule has 0 saturated carbocycles. The molecule has 2 aromatic carbocycles. The summed E-state index contributed by atoms with van der Waals surface area (Å²) in [5, 5.41) is 11.9. The van der Waals surface area contributed by atoms with Gasteiger partial charge in [0.05, 0.1) is 7.11 Å². The van der Waals surface area contributed by atoms with Gasteiger partial charge in [-0.2, -0.15) is 0 Å². The summed E-state index contributed by atoms with van der Waals surface area (Å²) < 4.78 is 7.03. The van der Waals surface area contributed by atoms with Crippen molar-refractivity contribution in [1.82, 2.24) is 19.9 Å².